The van der Waals surface area contributed by atoms with Crippen LogP contribution in [0.4, 0.5) is 26.5 Å². The molecule has 9 nitrogen and oxygen atoms in total. The van der Waals surface area contributed by atoms with Crippen LogP contribution in [-0.2, 0) is 24.1 Å². The van der Waals surface area contributed by atoms with E-state index in [1.165, 1.54) is 11.0 Å². The van der Waals surface area contributed by atoms with E-state index < -0.39 is 6.09 Å². The number of hydrogen-bond acceptors (Lipinski definition) is 7. The normalized spacial score (nSPS) is 15.8. The molecule has 160 valence electrons. The minimum atomic E-state index is -0.527. The number of nitrogens with two attached hydrogens (primary N) is 2. The number of nitrogen functional groups attached to an aromatic ring is 2. The third kappa shape index (κ3) is 3.33. The molecule has 0 bridgehead atoms. The van der Waals surface area contributed by atoms with Crippen LogP contribution in [0.2, 0.25) is 0 Å². The molecule has 0 atom stereocenters. The summed E-state index contributed by atoms with van der Waals surface area (Å²) in [4.78, 5) is 22.1. The van der Waals surface area contributed by atoms with Crippen LogP contribution in [0.1, 0.15) is 29.7 Å². The Bertz CT molecular complexity index is 1150. The van der Waals surface area contributed by atoms with Crippen LogP contribution in [0.15, 0.2) is 24.3 Å². The van der Waals surface area contributed by atoms with Crippen molar-refractivity contribution in [3.63, 3.8) is 0 Å². The van der Waals surface area contributed by atoms with Crippen molar-refractivity contribution in [3.05, 3.63) is 46.9 Å². The van der Waals surface area contributed by atoms with Gasteiger partial charge in [0.1, 0.15) is 23.8 Å². The first-order chi connectivity index (χ1) is 15.0. The van der Waals surface area contributed by atoms with Gasteiger partial charge in [-0.3, -0.25) is 9.58 Å². The molecule has 1 amide bonds. The van der Waals surface area contributed by atoms with Crippen molar-refractivity contribution in [3.8, 4) is 11.5 Å². The number of rotatable bonds is 4. The predicted octanol–water partition coefficient (Wildman–Crippen LogP) is 2.53. The van der Waals surface area contributed by atoms with Gasteiger partial charge in [-0.05, 0) is 31.7 Å². The molecule has 3 heterocycles. The quantitative estimate of drug-likeness (QED) is 0.660. The van der Waals surface area contributed by atoms with Crippen LogP contribution in [0.5, 0.6) is 0 Å². The highest BCUT2D eigenvalue weighted by Crippen LogP contribution is 2.35. The second-order valence-corrected chi connectivity index (χ2v) is 7.66. The Hall–Kier alpha value is -3.69. The molecule has 0 spiro atoms. The Morgan fingerprint density at radius 2 is 1.84 bits per heavy atom. The summed E-state index contributed by atoms with van der Waals surface area (Å²) in [5, 5.41) is 4.73. The number of ether oxygens (including phenoxy) is 1. The van der Waals surface area contributed by atoms with E-state index >= 15 is 0 Å². The standard InChI is InChI=1S/C21H22FN7O2/c22-14-7-3-1-5-12(14)11-29-15-8-4-2-6-13(15)16(27-29)20-25-18(23)17(19(24)26-20)28-9-10-31-21(28)30/h1,3,5,7H,2,4,6,8-11H2,(H4,23,24,25,26). The van der Waals surface area contributed by atoms with E-state index in [9.17, 15) is 9.18 Å². The van der Waals surface area contributed by atoms with E-state index in [0.29, 0.717) is 30.2 Å². The fourth-order valence-corrected chi connectivity index (χ4v) is 4.24. The Morgan fingerprint density at radius 3 is 2.55 bits per heavy atom. The smallest absolute Gasteiger partial charge is 0.414 e. The van der Waals surface area contributed by atoms with Gasteiger partial charge < -0.3 is 16.2 Å². The third-order valence-corrected chi connectivity index (χ3v) is 5.72. The van der Waals surface area contributed by atoms with Crippen LogP contribution in [0, 0.1) is 5.82 Å². The van der Waals surface area contributed by atoms with Gasteiger partial charge in [0.15, 0.2) is 17.5 Å². The van der Waals surface area contributed by atoms with Gasteiger partial charge in [0.05, 0.1) is 13.1 Å². The summed E-state index contributed by atoms with van der Waals surface area (Å²) in [5.41, 5.74) is 15.8. The van der Waals surface area contributed by atoms with Crippen LogP contribution in [-0.4, -0.2) is 39.0 Å². The van der Waals surface area contributed by atoms with E-state index in [-0.39, 0.29) is 29.7 Å². The molecule has 1 aromatic carbocycles. The maximum Gasteiger partial charge on any atom is 0.414 e. The lowest BCUT2D eigenvalue weighted by molar-refractivity contribution is 0.181. The number of fused-ring (bicyclic) bond motifs is 1. The molecule has 31 heavy (non-hydrogen) atoms. The lowest BCUT2D eigenvalue weighted by Crippen LogP contribution is -2.26. The maximum absolute atomic E-state index is 14.2. The summed E-state index contributed by atoms with van der Waals surface area (Å²) in [6.45, 7) is 0.910. The van der Waals surface area contributed by atoms with Crippen molar-refractivity contribution in [1.29, 1.82) is 0 Å². The van der Waals surface area contributed by atoms with E-state index in [2.05, 4.69) is 9.97 Å². The molecule has 3 aromatic rings. The number of cyclic esters (lactones) is 1. The van der Waals surface area contributed by atoms with Crippen LogP contribution in [0.3, 0.4) is 0 Å². The van der Waals surface area contributed by atoms with Crippen molar-refractivity contribution < 1.29 is 13.9 Å². The van der Waals surface area contributed by atoms with Crippen LogP contribution < -0.4 is 16.4 Å². The Kier molecular flexibility index (Phi) is 4.68. The molecule has 1 aliphatic carbocycles. The first-order valence-corrected chi connectivity index (χ1v) is 10.2. The zero-order chi connectivity index (χ0) is 21.5. The number of hydrogen-bond donors (Lipinski definition) is 2. The zero-order valence-electron chi connectivity index (χ0n) is 16.8. The molecule has 0 saturated carbocycles. The van der Waals surface area contributed by atoms with Gasteiger partial charge in [0.2, 0.25) is 0 Å². The molecule has 1 fully saturated rings. The predicted molar refractivity (Wildman–Crippen MR) is 113 cm³/mol. The van der Waals surface area contributed by atoms with E-state index in [4.69, 9.17) is 21.3 Å². The van der Waals surface area contributed by atoms with Gasteiger partial charge >= 0.3 is 6.09 Å². The number of halogens is 1. The third-order valence-electron chi connectivity index (χ3n) is 5.72. The number of anilines is 3. The van der Waals surface area contributed by atoms with Crippen molar-refractivity contribution in [1.82, 2.24) is 19.7 Å². The second-order valence-electron chi connectivity index (χ2n) is 7.66. The lowest BCUT2D eigenvalue weighted by Gasteiger charge is -2.17. The van der Waals surface area contributed by atoms with Crippen molar-refractivity contribution >= 4 is 23.4 Å². The average Bonchev–Trinajstić information content (AvgIpc) is 3.33. The Balaban J connectivity index is 1.57. The largest absolute Gasteiger partial charge is 0.447 e. The fourth-order valence-electron chi connectivity index (χ4n) is 4.24. The number of nitrogens with zero attached hydrogens (tertiary/aromatic N) is 5. The fraction of sp³-hybridized carbons (Fsp3) is 0.333. The van der Waals surface area contributed by atoms with Crippen LogP contribution >= 0.6 is 0 Å². The minimum Gasteiger partial charge on any atom is -0.447 e. The average molecular weight is 423 g/mol. The summed E-state index contributed by atoms with van der Waals surface area (Å²) in [7, 11) is 0. The first-order valence-electron chi connectivity index (χ1n) is 10.2. The highest BCUT2D eigenvalue weighted by Gasteiger charge is 2.30. The topological polar surface area (TPSA) is 125 Å². The molecule has 2 aliphatic rings. The minimum absolute atomic E-state index is 0.0922. The number of carbonyl (C=O) groups is 1. The van der Waals surface area contributed by atoms with Gasteiger partial charge in [-0.2, -0.15) is 5.10 Å². The summed E-state index contributed by atoms with van der Waals surface area (Å²) in [5.74, 6) is 0.219. The van der Waals surface area contributed by atoms with Crippen molar-refractivity contribution in [2.24, 2.45) is 0 Å². The summed E-state index contributed by atoms with van der Waals surface area (Å²) in [6, 6.07) is 6.67. The highest BCUT2D eigenvalue weighted by molar-refractivity contribution is 5.96. The Labute approximate surface area is 177 Å². The van der Waals surface area contributed by atoms with Crippen molar-refractivity contribution in [2.75, 3.05) is 29.5 Å². The lowest BCUT2D eigenvalue weighted by atomic mass is 9.95. The number of amides is 1. The zero-order valence-corrected chi connectivity index (χ0v) is 16.8. The number of aromatic nitrogens is 4. The van der Waals surface area contributed by atoms with E-state index in [1.54, 1.807) is 12.1 Å². The Morgan fingerprint density at radius 1 is 1.10 bits per heavy atom. The highest BCUT2D eigenvalue weighted by atomic mass is 19.1. The molecule has 10 heteroatoms. The van der Waals surface area contributed by atoms with Gasteiger partial charge in [-0.25, -0.2) is 19.2 Å². The SMILES string of the molecule is Nc1nc(-c2nn(Cc3ccccc3F)c3c2CCCC3)nc(N)c1N1CCOC1=O. The molecular formula is C21H22FN7O2. The monoisotopic (exact) mass is 423 g/mol. The molecule has 0 radical (unpaired) electrons. The van der Waals surface area contributed by atoms with E-state index in [0.717, 1.165) is 36.9 Å². The summed E-state index contributed by atoms with van der Waals surface area (Å²) in [6.07, 6.45) is 3.20. The van der Waals surface area contributed by atoms with E-state index in [1.807, 2.05) is 10.7 Å². The maximum atomic E-state index is 14.2. The molecule has 1 saturated heterocycles. The van der Waals surface area contributed by atoms with Gasteiger partial charge in [0.25, 0.3) is 0 Å². The first kappa shape index (κ1) is 19.3. The number of benzene rings is 1. The summed E-state index contributed by atoms with van der Waals surface area (Å²) < 4.78 is 21.0. The molecule has 0 unspecified atom stereocenters. The molecule has 4 N–H and O–H groups in total. The number of carbonyl (C=O) groups excluding carboxylic acids is 1. The second kappa shape index (κ2) is 7.53. The summed E-state index contributed by atoms with van der Waals surface area (Å²) >= 11 is 0. The molecule has 2 aromatic heterocycles. The van der Waals surface area contributed by atoms with Gasteiger partial charge in [-0.15, -0.1) is 0 Å². The van der Waals surface area contributed by atoms with Crippen molar-refractivity contribution in [2.45, 2.75) is 32.2 Å². The molecule has 5 rings (SSSR count). The van der Waals surface area contributed by atoms with Crippen LogP contribution in [0.25, 0.3) is 11.5 Å². The molecule has 1 aliphatic heterocycles. The molecular weight excluding hydrogens is 401 g/mol. The van der Waals surface area contributed by atoms with Gasteiger partial charge in [0, 0.05) is 16.8 Å². The van der Waals surface area contributed by atoms with Gasteiger partial charge in [-0.1, -0.05) is 18.2 Å².